The lowest BCUT2D eigenvalue weighted by atomic mass is 10.1. The van der Waals surface area contributed by atoms with Gasteiger partial charge in [-0.15, -0.1) is 0 Å². The highest BCUT2D eigenvalue weighted by molar-refractivity contribution is 5.94. The first-order valence-electron chi connectivity index (χ1n) is 9.17. The van der Waals surface area contributed by atoms with Gasteiger partial charge in [-0.25, -0.2) is 9.18 Å². The summed E-state index contributed by atoms with van der Waals surface area (Å²) in [6.07, 6.45) is 0.0422. The lowest BCUT2D eigenvalue weighted by Gasteiger charge is -2.15. The van der Waals surface area contributed by atoms with Crippen LogP contribution in [-0.2, 0) is 6.54 Å². The van der Waals surface area contributed by atoms with E-state index in [1.165, 1.54) is 6.07 Å². The van der Waals surface area contributed by atoms with Crippen LogP contribution in [-0.4, -0.2) is 31.1 Å². The van der Waals surface area contributed by atoms with Crippen LogP contribution < -0.4 is 20.7 Å². The Bertz CT molecular complexity index is 824. The minimum absolute atomic E-state index is 0.0422. The Morgan fingerprint density at radius 3 is 2.46 bits per heavy atom. The highest BCUT2D eigenvalue weighted by Gasteiger charge is 2.09. The van der Waals surface area contributed by atoms with Gasteiger partial charge in [-0.05, 0) is 44.5 Å². The van der Waals surface area contributed by atoms with Gasteiger partial charge in [-0.1, -0.05) is 24.3 Å². The fourth-order valence-corrected chi connectivity index (χ4v) is 2.45. The van der Waals surface area contributed by atoms with Gasteiger partial charge >= 0.3 is 6.03 Å². The van der Waals surface area contributed by atoms with Crippen molar-refractivity contribution in [2.45, 2.75) is 33.4 Å². The molecule has 0 aliphatic rings. The second-order valence-corrected chi connectivity index (χ2v) is 6.60. The number of rotatable bonds is 8. The highest BCUT2D eigenvalue weighted by atomic mass is 19.1. The van der Waals surface area contributed by atoms with Gasteiger partial charge in [0.2, 0.25) is 0 Å². The predicted octanol–water partition coefficient (Wildman–Crippen LogP) is 3.15. The zero-order valence-electron chi connectivity index (χ0n) is 16.3. The van der Waals surface area contributed by atoms with Crippen LogP contribution in [0.25, 0.3) is 0 Å². The minimum atomic E-state index is -0.424. The molecule has 6 nitrogen and oxygen atoms in total. The third-order valence-corrected chi connectivity index (χ3v) is 3.90. The number of nitrogens with one attached hydrogen (secondary N) is 3. The molecule has 0 radical (unpaired) electrons. The molecule has 0 heterocycles. The summed E-state index contributed by atoms with van der Waals surface area (Å²) in [6.45, 7) is 6.31. The van der Waals surface area contributed by atoms with E-state index in [0.29, 0.717) is 12.1 Å². The molecule has 0 saturated heterocycles. The average Bonchev–Trinajstić information content (AvgIpc) is 2.66. The van der Waals surface area contributed by atoms with Crippen molar-refractivity contribution in [1.29, 1.82) is 0 Å². The SMILES string of the molecule is Cc1ccc(C(=O)NCCNC(=O)NCc2ccccc2OC(C)C)cc1F. The number of ether oxygens (including phenoxy) is 1. The molecule has 28 heavy (non-hydrogen) atoms. The summed E-state index contributed by atoms with van der Waals surface area (Å²) in [5.41, 5.74) is 1.60. The molecule has 7 heteroatoms. The van der Waals surface area contributed by atoms with E-state index in [2.05, 4.69) is 16.0 Å². The van der Waals surface area contributed by atoms with Crippen molar-refractivity contribution in [3.63, 3.8) is 0 Å². The van der Waals surface area contributed by atoms with Gasteiger partial charge in [0.25, 0.3) is 5.91 Å². The van der Waals surface area contributed by atoms with Crippen molar-refractivity contribution in [2.75, 3.05) is 13.1 Å². The Kier molecular flexibility index (Phi) is 7.80. The van der Waals surface area contributed by atoms with Gasteiger partial charge < -0.3 is 20.7 Å². The van der Waals surface area contributed by atoms with Crippen LogP contribution in [0.5, 0.6) is 5.75 Å². The molecule has 2 rings (SSSR count). The summed E-state index contributed by atoms with van der Waals surface area (Å²) in [5.74, 6) is -0.0804. The lowest BCUT2D eigenvalue weighted by molar-refractivity contribution is 0.0953. The molecule has 0 aromatic heterocycles. The van der Waals surface area contributed by atoms with Crippen LogP contribution in [0, 0.1) is 12.7 Å². The molecular weight excluding hydrogens is 361 g/mol. The minimum Gasteiger partial charge on any atom is -0.491 e. The Morgan fingerprint density at radius 2 is 1.75 bits per heavy atom. The number of urea groups is 1. The Balaban J connectivity index is 1.72. The molecule has 3 N–H and O–H groups in total. The second-order valence-electron chi connectivity index (χ2n) is 6.60. The number of carbonyl (C=O) groups excluding carboxylic acids is 2. The zero-order valence-corrected chi connectivity index (χ0v) is 16.3. The maximum absolute atomic E-state index is 13.5. The number of benzene rings is 2. The van der Waals surface area contributed by atoms with E-state index < -0.39 is 5.82 Å². The molecular formula is C21H26FN3O3. The molecule has 0 spiro atoms. The number of aryl methyl sites for hydroxylation is 1. The third-order valence-electron chi connectivity index (χ3n) is 3.90. The maximum atomic E-state index is 13.5. The molecule has 0 atom stereocenters. The zero-order chi connectivity index (χ0) is 20.5. The van der Waals surface area contributed by atoms with Gasteiger partial charge in [-0.2, -0.15) is 0 Å². The molecule has 3 amide bonds. The third kappa shape index (κ3) is 6.57. The predicted molar refractivity (Wildman–Crippen MR) is 106 cm³/mol. The summed E-state index contributed by atoms with van der Waals surface area (Å²) in [4.78, 5) is 23.9. The van der Waals surface area contributed by atoms with E-state index in [1.807, 2.05) is 38.1 Å². The molecule has 2 aromatic carbocycles. The molecule has 0 bridgehead atoms. The van der Waals surface area contributed by atoms with Crippen molar-refractivity contribution < 1.29 is 18.7 Å². The summed E-state index contributed by atoms with van der Waals surface area (Å²) in [7, 11) is 0. The maximum Gasteiger partial charge on any atom is 0.315 e. The van der Waals surface area contributed by atoms with Gasteiger partial charge in [0, 0.05) is 30.8 Å². The second kappa shape index (κ2) is 10.3. The van der Waals surface area contributed by atoms with Crippen molar-refractivity contribution >= 4 is 11.9 Å². The van der Waals surface area contributed by atoms with E-state index in [4.69, 9.17) is 4.74 Å². The molecule has 150 valence electrons. The highest BCUT2D eigenvalue weighted by Crippen LogP contribution is 2.19. The first-order valence-corrected chi connectivity index (χ1v) is 9.17. The number of hydrogen-bond donors (Lipinski definition) is 3. The van der Waals surface area contributed by atoms with Crippen LogP contribution in [0.3, 0.4) is 0 Å². The Hall–Kier alpha value is -3.09. The van der Waals surface area contributed by atoms with Crippen LogP contribution in [0.15, 0.2) is 42.5 Å². The molecule has 0 saturated carbocycles. The number of hydrogen-bond acceptors (Lipinski definition) is 3. The first-order chi connectivity index (χ1) is 13.4. The fraction of sp³-hybridized carbons (Fsp3) is 0.333. The van der Waals surface area contributed by atoms with Gasteiger partial charge in [-0.3, -0.25) is 4.79 Å². The molecule has 2 aromatic rings. The number of para-hydroxylation sites is 1. The molecule has 0 aliphatic carbocycles. The molecule has 0 fully saturated rings. The van der Waals surface area contributed by atoms with E-state index in [1.54, 1.807) is 19.1 Å². The molecule has 0 unspecified atom stereocenters. The monoisotopic (exact) mass is 387 g/mol. The van der Waals surface area contributed by atoms with Crippen LogP contribution in [0.4, 0.5) is 9.18 Å². The number of halogens is 1. The van der Waals surface area contributed by atoms with Crippen molar-refractivity contribution in [3.05, 3.63) is 65.0 Å². The topological polar surface area (TPSA) is 79.5 Å². The normalized spacial score (nSPS) is 10.5. The quantitative estimate of drug-likeness (QED) is 0.609. The molecule has 0 aliphatic heterocycles. The Morgan fingerprint density at radius 1 is 1.04 bits per heavy atom. The van der Waals surface area contributed by atoms with Crippen molar-refractivity contribution in [2.24, 2.45) is 0 Å². The number of carbonyl (C=O) groups is 2. The van der Waals surface area contributed by atoms with E-state index in [0.717, 1.165) is 11.3 Å². The van der Waals surface area contributed by atoms with Crippen LogP contribution in [0.1, 0.15) is 35.3 Å². The standard InChI is InChI=1S/C21H26FN3O3/c1-14(2)28-19-7-5-4-6-17(19)13-25-21(27)24-11-10-23-20(26)16-9-8-15(3)18(22)12-16/h4-9,12,14H,10-11,13H2,1-3H3,(H,23,26)(H2,24,25,27). The lowest BCUT2D eigenvalue weighted by Crippen LogP contribution is -2.40. The van der Waals surface area contributed by atoms with Crippen molar-refractivity contribution in [3.8, 4) is 5.75 Å². The summed E-state index contributed by atoms with van der Waals surface area (Å²) in [6, 6.07) is 11.5. The fourth-order valence-electron chi connectivity index (χ4n) is 2.45. The largest absolute Gasteiger partial charge is 0.491 e. The van der Waals surface area contributed by atoms with E-state index >= 15 is 0 Å². The summed E-state index contributed by atoms with van der Waals surface area (Å²) >= 11 is 0. The summed E-state index contributed by atoms with van der Waals surface area (Å²) in [5, 5.41) is 8.05. The van der Waals surface area contributed by atoms with Gasteiger partial charge in [0.15, 0.2) is 0 Å². The van der Waals surface area contributed by atoms with Crippen molar-refractivity contribution in [1.82, 2.24) is 16.0 Å². The first kappa shape index (κ1) is 21.2. The number of amides is 3. The van der Waals surface area contributed by atoms with E-state index in [-0.39, 0.29) is 36.7 Å². The van der Waals surface area contributed by atoms with Gasteiger partial charge in [0.1, 0.15) is 11.6 Å². The smallest absolute Gasteiger partial charge is 0.315 e. The van der Waals surface area contributed by atoms with Gasteiger partial charge in [0.05, 0.1) is 6.10 Å². The summed E-state index contributed by atoms with van der Waals surface area (Å²) < 4.78 is 19.2. The van der Waals surface area contributed by atoms with E-state index in [9.17, 15) is 14.0 Å². The average molecular weight is 387 g/mol. The Labute approximate surface area is 164 Å². The van der Waals surface area contributed by atoms with Crippen LogP contribution >= 0.6 is 0 Å². The van der Waals surface area contributed by atoms with Crippen LogP contribution in [0.2, 0.25) is 0 Å².